The average molecular weight is 442 g/mol. The van der Waals surface area contributed by atoms with Crippen LogP contribution in [0.1, 0.15) is 45.6 Å². The third kappa shape index (κ3) is 7.34. The van der Waals surface area contributed by atoms with E-state index in [-0.39, 0.29) is 0 Å². The minimum absolute atomic E-state index is 0.515. The second kappa shape index (κ2) is 12.8. The predicted molar refractivity (Wildman–Crippen MR) is 128 cm³/mol. The molecule has 32 heavy (non-hydrogen) atoms. The molecule has 0 saturated carbocycles. The first-order valence-corrected chi connectivity index (χ1v) is 10.9. The van der Waals surface area contributed by atoms with E-state index in [1.165, 1.54) is 6.07 Å². The van der Waals surface area contributed by atoms with E-state index in [1.54, 1.807) is 13.2 Å². The number of hydrogen-bond donors (Lipinski definition) is 1. The van der Waals surface area contributed by atoms with Gasteiger partial charge in [-0.3, -0.25) is 0 Å². The molecule has 0 spiro atoms. The van der Waals surface area contributed by atoms with Gasteiger partial charge in [-0.25, -0.2) is 8.78 Å². The Morgan fingerprint density at radius 3 is 2.59 bits per heavy atom. The van der Waals surface area contributed by atoms with Crippen LogP contribution in [0.3, 0.4) is 0 Å². The Morgan fingerprint density at radius 1 is 1.16 bits per heavy atom. The van der Waals surface area contributed by atoms with Gasteiger partial charge in [0.15, 0.2) is 11.6 Å². The smallest absolute Gasteiger partial charge is 0.159 e. The molecule has 0 heterocycles. The summed E-state index contributed by atoms with van der Waals surface area (Å²) in [5.41, 5.74) is 11.5. The van der Waals surface area contributed by atoms with Crippen molar-refractivity contribution in [2.24, 2.45) is 5.73 Å². The molecule has 0 fully saturated rings. The second-order valence-corrected chi connectivity index (χ2v) is 7.59. The van der Waals surface area contributed by atoms with Gasteiger partial charge in [0, 0.05) is 32.3 Å². The molecule has 0 atom stereocenters. The fourth-order valence-electron chi connectivity index (χ4n) is 3.34. The highest BCUT2D eigenvalue weighted by atomic mass is 19.2. The van der Waals surface area contributed by atoms with Gasteiger partial charge in [-0.05, 0) is 72.4 Å². The summed E-state index contributed by atoms with van der Waals surface area (Å²) in [4.78, 5) is 0. The van der Waals surface area contributed by atoms with Crippen LogP contribution in [0.2, 0.25) is 0 Å². The van der Waals surface area contributed by atoms with E-state index >= 15 is 0 Å². The lowest BCUT2D eigenvalue weighted by Crippen LogP contribution is -2.05. The van der Waals surface area contributed by atoms with Crippen LogP contribution in [-0.2, 0) is 9.47 Å². The third-order valence-corrected chi connectivity index (χ3v) is 5.16. The summed E-state index contributed by atoms with van der Waals surface area (Å²) in [5, 5.41) is 0. The first-order chi connectivity index (χ1) is 15.4. The van der Waals surface area contributed by atoms with Gasteiger partial charge in [0.25, 0.3) is 0 Å². The molecular weight excluding hydrogens is 408 g/mol. The Bertz CT molecular complexity index is 981. The molecule has 1 aliphatic carbocycles. The van der Waals surface area contributed by atoms with Gasteiger partial charge in [-0.2, -0.15) is 0 Å². The van der Waals surface area contributed by atoms with Crippen molar-refractivity contribution in [3.63, 3.8) is 0 Å². The highest BCUT2D eigenvalue weighted by Crippen LogP contribution is 2.32. The number of nitrogens with two attached hydrogens (primary N) is 1. The molecule has 0 saturated heterocycles. The van der Waals surface area contributed by atoms with Crippen molar-refractivity contribution in [1.82, 2.24) is 0 Å². The Labute approximate surface area is 190 Å². The Balaban J connectivity index is 2.43. The van der Waals surface area contributed by atoms with E-state index < -0.39 is 11.6 Å². The first kappa shape index (κ1) is 25.3. The van der Waals surface area contributed by atoms with E-state index in [0.717, 1.165) is 47.0 Å². The van der Waals surface area contributed by atoms with E-state index in [4.69, 9.17) is 15.2 Å². The fraction of sp³-hybridized carbons (Fsp3) is 0.333. The molecule has 5 heteroatoms. The Hall–Kier alpha value is -2.92. The van der Waals surface area contributed by atoms with Crippen LogP contribution in [0.5, 0.6) is 0 Å². The number of rotatable bonds is 10. The van der Waals surface area contributed by atoms with Crippen LogP contribution in [-0.4, -0.2) is 20.3 Å². The highest BCUT2D eigenvalue weighted by Gasteiger charge is 2.15. The van der Waals surface area contributed by atoms with E-state index in [2.05, 4.69) is 6.92 Å². The largest absolute Gasteiger partial charge is 0.497 e. The standard InChI is InChI=1S/C27H33F2NO2/c1-5-7-9-20(6-2)27(30)14-19(3)22-15-23(21-10-11-25(28)26(29)18-21)17-24(16-22)32-13-8-12-31-4/h5,7,9-11,14-15,17-18H,6,8,12-13,16,30H2,1-4H3/b7-5-,20-9+,22-19-,27-14-. The van der Waals surface area contributed by atoms with E-state index in [0.29, 0.717) is 30.9 Å². The molecule has 1 aromatic carbocycles. The molecule has 0 radical (unpaired) electrons. The van der Waals surface area contributed by atoms with Gasteiger partial charge in [0.1, 0.15) is 5.76 Å². The lowest BCUT2D eigenvalue weighted by molar-refractivity contribution is 0.143. The maximum absolute atomic E-state index is 13.9. The van der Waals surface area contributed by atoms with E-state index in [9.17, 15) is 8.78 Å². The lowest BCUT2D eigenvalue weighted by Gasteiger charge is -2.19. The van der Waals surface area contributed by atoms with Crippen molar-refractivity contribution in [3.8, 4) is 0 Å². The minimum atomic E-state index is -0.877. The van der Waals surface area contributed by atoms with Gasteiger partial charge >= 0.3 is 0 Å². The van der Waals surface area contributed by atoms with Crippen LogP contribution in [0.25, 0.3) is 5.57 Å². The van der Waals surface area contributed by atoms with Crippen LogP contribution in [0, 0.1) is 11.6 Å². The van der Waals surface area contributed by atoms with Gasteiger partial charge < -0.3 is 15.2 Å². The van der Waals surface area contributed by atoms with Crippen LogP contribution >= 0.6 is 0 Å². The fourth-order valence-corrected chi connectivity index (χ4v) is 3.34. The van der Waals surface area contributed by atoms with Gasteiger partial charge in [-0.1, -0.05) is 37.3 Å². The Kier molecular flexibility index (Phi) is 10.2. The molecule has 0 aromatic heterocycles. The molecule has 172 valence electrons. The lowest BCUT2D eigenvalue weighted by atomic mass is 9.92. The monoisotopic (exact) mass is 441 g/mol. The topological polar surface area (TPSA) is 44.5 Å². The summed E-state index contributed by atoms with van der Waals surface area (Å²) in [5.74, 6) is -0.976. The van der Waals surface area contributed by atoms with Gasteiger partial charge in [0.05, 0.1) is 6.61 Å². The number of allylic oxidation sites excluding steroid dienone is 10. The number of hydrogen-bond acceptors (Lipinski definition) is 3. The third-order valence-electron chi connectivity index (χ3n) is 5.16. The number of halogens is 2. The maximum Gasteiger partial charge on any atom is 0.159 e. The van der Waals surface area contributed by atoms with Crippen molar-refractivity contribution < 1.29 is 18.3 Å². The van der Waals surface area contributed by atoms with Crippen LogP contribution in [0.4, 0.5) is 8.78 Å². The molecule has 2 N–H and O–H groups in total. The molecular formula is C27H33F2NO2. The molecule has 2 rings (SSSR count). The molecule has 0 aliphatic heterocycles. The number of methoxy groups -OCH3 is 1. The maximum atomic E-state index is 13.9. The molecule has 0 bridgehead atoms. The zero-order valence-electron chi connectivity index (χ0n) is 19.4. The average Bonchev–Trinajstić information content (AvgIpc) is 2.78. The van der Waals surface area contributed by atoms with Crippen molar-refractivity contribution in [2.45, 2.75) is 40.0 Å². The molecule has 1 aromatic rings. The summed E-state index contributed by atoms with van der Waals surface area (Å²) in [6.07, 6.45) is 13.9. The molecule has 0 amide bonds. The summed E-state index contributed by atoms with van der Waals surface area (Å²) in [7, 11) is 1.65. The first-order valence-electron chi connectivity index (χ1n) is 10.9. The SMILES string of the molecule is C\C=C/C=C(CC)/C(N)=C/C(C)=C1/C=C(c2ccc(F)c(F)c2)C=C(OCCCOC)C1. The van der Waals surface area contributed by atoms with Crippen molar-refractivity contribution >= 4 is 5.57 Å². The quantitative estimate of drug-likeness (QED) is 0.322. The summed E-state index contributed by atoms with van der Waals surface area (Å²) in [6.45, 7) is 7.15. The minimum Gasteiger partial charge on any atom is -0.497 e. The number of benzene rings is 1. The van der Waals surface area contributed by atoms with E-state index in [1.807, 2.05) is 50.3 Å². The summed E-state index contributed by atoms with van der Waals surface area (Å²) in [6, 6.07) is 3.92. The summed E-state index contributed by atoms with van der Waals surface area (Å²) >= 11 is 0. The van der Waals surface area contributed by atoms with Crippen molar-refractivity contribution in [1.29, 1.82) is 0 Å². The normalized spacial score (nSPS) is 16.8. The Morgan fingerprint density at radius 2 is 1.94 bits per heavy atom. The molecule has 1 aliphatic rings. The summed E-state index contributed by atoms with van der Waals surface area (Å²) < 4.78 is 38.3. The zero-order valence-corrected chi connectivity index (χ0v) is 19.4. The predicted octanol–water partition coefficient (Wildman–Crippen LogP) is 6.76. The molecule has 0 unspecified atom stereocenters. The van der Waals surface area contributed by atoms with Gasteiger partial charge in [-0.15, -0.1) is 0 Å². The van der Waals surface area contributed by atoms with Gasteiger partial charge in [0.2, 0.25) is 0 Å². The molecule has 3 nitrogen and oxygen atoms in total. The van der Waals surface area contributed by atoms with Crippen LogP contribution in [0.15, 0.2) is 82.8 Å². The second-order valence-electron chi connectivity index (χ2n) is 7.59. The zero-order chi connectivity index (χ0) is 23.5. The number of ether oxygens (including phenoxy) is 2. The van der Waals surface area contributed by atoms with Crippen molar-refractivity contribution in [2.75, 3.05) is 20.3 Å². The highest BCUT2D eigenvalue weighted by molar-refractivity contribution is 5.78. The van der Waals surface area contributed by atoms with Crippen LogP contribution < -0.4 is 5.73 Å². The van der Waals surface area contributed by atoms with Crippen molar-refractivity contribution in [3.05, 3.63) is 100 Å².